The molecule has 0 spiro atoms. The van der Waals surface area contributed by atoms with E-state index in [1.165, 1.54) is 36.4 Å². The van der Waals surface area contributed by atoms with Crippen LogP contribution in [0.15, 0.2) is 40.9 Å². The van der Waals surface area contributed by atoms with Crippen LogP contribution in [0.2, 0.25) is 0 Å². The van der Waals surface area contributed by atoms with Crippen molar-refractivity contribution in [2.45, 2.75) is 0 Å². The maximum absolute atomic E-state index is 13.3. The second-order valence-corrected chi connectivity index (χ2v) is 4.36. The highest BCUT2D eigenvalue weighted by molar-refractivity contribution is 5.71. The summed E-state index contributed by atoms with van der Waals surface area (Å²) in [6.45, 7) is 0. The molecule has 0 aliphatic rings. The Labute approximate surface area is 118 Å². The molecule has 7 heteroatoms. The summed E-state index contributed by atoms with van der Waals surface area (Å²) < 4.78 is 18.3. The largest absolute Gasteiger partial charge is 0.504 e. The molecule has 1 aromatic heterocycles. The number of phenolic OH excluding ortho intramolecular Hbond substituents is 2. The zero-order valence-corrected chi connectivity index (χ0v) is 10.6. The minimum absolute atomic E-state index is 0.0644. The van der Waals surface area contributed by atoms with E-state index in [-0.39, 0.29) is 28.8 Å². The molecule has 0 aliphatic heterocycles. The van der Waals surface area contributed by atoms with Gasteiger partial charge in [-0.25, -0.2) is 4.39 Å². The molecule has 0 bridgehead atoms. The zero-order valence-electron chi connectivity index (χ0n) is 10.6. The van der Waals surface area contributed by atoms with E-state index in [4.69, 9.17) is 10.3 Å². The molecule has 0 saturated carbocycles. The van der Waals surface area contributed by atoms with Crippen molar-refractivity contribution in [1.29, 1.82) is 0 Å². The van der Waals surface area contributed by atoms with Crippen molar-refractivity contribution in [3.05, 3.63) is 42.2 Å². The van der Waals surface area contributed by atoms with Gasteiger partial charge in [0.05, 0.1) is 5.56 Å². The lowest BCUT2D eigenvalue weighted by atomic mass is 10.1. The zero-order chi connectivity index (χ0) is 15.0. The van der Waals surface area contributed by atoms with Gasteiger partial charge in [0.2, 0.25) is 5.82 Å². The van der Waals surface area contributed by atoms with E-state index in [0.717, 1.165) is 0 Å². The van der Waals surface area contributed by atoms with E-state index >= 15 is 0 Å². The molecule has 2 aromatic carbocycles. The number of hydrogen-bond donors (Lipinski definition) is 3. The summed E-state index contributed by atoms with van der Waals surface area (Å²) in [6, 6.07) is 7.94. The maximum atomic E-state index is 13.3. The monoisotopic (exact) mass is 287 g/mol. The van der Waals surface area contributed by atoms with Crippen LogP contribution in [0, 0.1) is 5.82 Å². The molecule has 106 valence electrons. The number of phenols is 2. The molecule has 3 aromatic rings. The first-order valence-corrected chi connectivity index (χ1v) is 5.96. The third-order valence-corrected chi connectivity index (χ3v) is 2.91. The number of aromatic hydroxyl groups is 2. The third kappa shape index (κ3) is 2.36. The van der Waals surface area contributed by atoms with Crippen LogP contribution in [-0.2, 0) is 0 Å². The summed E-state index contributed by atoms with van der Waals surface area (Å²) in [5, 5.41) is 22.5. The Morgan fingerprint density at radius 1 is 1.05 bits per heavy atom. The van der Waals surface area contributed by atoms with Crippen molar-refractivity contribution in [3.8, 4) is 34.3 Å². The van der Waals surface area contributed by atoms with Crippen LogP contribution in [-0.4, -0.2) is 20.4 Å². The van der Waals surface area contributed by atoms with Crippen LogP contribution in [0.1, 0.15) is 0 Å². The van der Waals surface area contributed by atoms with Crippen LogP contribution in [0.4, 0.5) is 10.1 Å². The van der Waals surface area contributed by atoms with Crippen LogP contribution >= 0.6 is 0 Å². The average molecular weight is 287 g/mol. The summed E-state index contributed by atoms with van der Waals surface area (Å²) in [5.41, 5.74) is 6.78. The fourth-order valence-electron chi connectivity index (χ4n) is 1.83. The summed E-state index contributed by atoms with van der Waals surface area (Å²) >= 11 is 0. The molecule has 0 radical (unpaired) electrons. The molecule has 4 N–H and O–H groups in total. The molecular weight excluding hydrogens is 277 g/mol. The molecule has 3 rings (SSSR count). The lowest BCUT2D eigenvalue weighted by Gasteiger charge is -2.00. The van der Waals surface area contributed by atoms with Gasteiger partial charge >= 0.3 is 0 Å². The van der Waals surface area contributed by atoms with Gasteiger partial charge in [-0.2, -0.15) is 4.98 Å². The van der Waals surface area contributed by atoms with Gasteiger partial charge in [-0.15, -0.1) is 0 Å². The average Bonchev–Trinajstić information content (AvgIpc) is 2.94. The van der Waals surface area contributed by atoms with Gasteiger partial charge < -0.3 is 20.5 Å². The van der Waals surface area contributed by atoms with E-state index in [1.54, 1.807) is 0 Å². The molecule has 1 heterocycles. The number of rotatable bonds is 2. The van der Waals surface area contributed by atoms with Crippen molar-refractivity contribution in [2.24, 2.45) is 0 Å². The quantitative estimate of drug-likeness (QED) is 0.494. The molecule has 6 nitrogen and oxygen atoms in total. The van der Waals surface area contributed by atoms with Crippen LogP contribution < -0.4 is 5.73 Å². The number of hydrogen-bond acceptors (Lipinski definition) is 6. The Hall–Kier alpha value is -3.09. The number of aromatic nitrogens is 2. The Morgan fingerprint density at radius 3 is 2.62 bits per heavy atom. The smallest absolute Gasteiger partial charge is 0.260 e. The first kappa shape index (κ1) is 12.9. The normalized spacial score (nSPS) is 10.7. The Morgan fingerprint density at radius 2 is 1.86 bits per heavy atom. The highest BCUT2D eigenvalue weighted by atomic mass is 19.1. The molecular formula is C14H10FN3O3. The SMILES string of the molecule is Nc1ccc(F)cc1-c1nc(-c2ccc(O)c(O)c2)no1. The van der Waals surface area contributed by atoms with Gasteiger partial charge in [0, 0.05) is 11.3 Å². The Bertz CT molecular complexity index is 817. The number of halogens is 1. The maximum Gasteiger partial charge on any atom is 0.260 e. The molecule has 21 heavy (non-hydrogen) atoms. The summed E-state index contributed by atoms with van der Waals surface area (Å²) in [6.07, 6.45) is 0. The van der Waals surface area contributed by atoms with E-state index in [1.807, 2.05) is 0 Å². The lowest BCUT2D eigenvalue weighted by molar-refractivity contribution is 0.404. The topological polar surface area (TPSA) is 105 Å². The van der Waals surface area contributed by atoms with E-state index in [2.05, 4.69) is 10.1 Å². The lowest BCUT2D eigenvalue weighted by Crippen LogP contribution is -1.91. The number of nitrogens with two attached hydrogens (primary N) is 1. The highest BCUT2D eigenvalue weighted by Crippen LogP contribution is 2.31. The molecule has 0 atom stereocenters. The molecule has 0 unspecified atom stereocenters. The minimum Gasteiger partial charge on any atom is -0.504 e. The fraction of sp³-hybridized carbons (Fsp3) is 0. The summed E-state index contributed by atoms with van der Waals surface area (Å²) in [5.74, 6) is -0.777. The van der Waals surface area contributed by atoms with Crippen molar-refractivity contribution in [1.82, 2.24) is 10.1 Å². The first-order valence-electron chi connectivity index (χ1n) is 5.96. The first-order chi connectivity index (χ1) is 10.0. The van der Waals surface area contributed by atoms with Crippen molar-refractivity contribution in [2.75, 3.05) is 5.73 Å². The fourth-order valence-corrected chi connectivity index (χ4v) is 1.83. The van der Waals surface area contributed by atoms with Crippen LogP contribution in [0.3, 0.4) is 0 Å². The van der Waals surface area contributed by atoms with E-state index in [9.17, 15) is 14.6 Å². The van der Waals surface area contributed by atoms with Gasteiger partial charge in [-0.1, -0.05) is 5.16 Å². The molecule has 0 amide bonds. The van der Waals surface area contributed by atoms with Crippen LogP contribution in [0.25, 0.3) is 22.8 Å². The predicted octanol–water partition coefficient (Wildman–Crippen LogP) is 2.54. The molecule has 0 fully saturated rings. The van der Waals surface area contributed by atoms with Gasteiger partial charge in [0.15, 0.2) is 11.5 Å². The Balaban J connectivity index is 2.03. The number of anilines is 1. The number of nitrogen functional groups attached to an aromatic ring is 1. The standard InChI is InChI=1S/C14H10FN3O3/c15-8-2-3-10(16)9(6-8)14-17-13(18-21-14)7-1-4-11(19)12(20)5-7/h1-6,19-20H,16H2. The van der Waals surface area contributed by atoms with Crippen molar-refractivity contribution >= 4 is 5.69 Å². The van der Waals surface area contributed by atoms with E-state index < -0.39 is 5.82 Å². The minimum atomic E-state index is -0.471. The van der Waals surface area contributed by atoms with Gasteiger partial charge in [0.25, 0.3) is 5.89 Å². The highest BCUT2D eigenvalue weighted by Gasteiger charge is 2.14. The van der Waals surface area contributed by atoms with Gasteiger partial charge in [-0.05, 0) is 36.4 Å². The molecule has 0 saturated heterocycles. The summed E-state index contributed by atoms with van der Waals surface area (Å²) in [4.78, 5) is 4.11. The van der Waals surface area contributed by atoms with Gasteiger partial charge in [-0.3, -0.25) is 0 Å². The van der Waals surface area contributed by atoms with Crippen LogP contribution in [0.5, 0.6) is 11.5 Å². The van der Waals surface area contributed by atoms with Crippen molar-refractivity contribution in [3.63, 3.8) is 0 Å². The second-order valence-electron chi connectivity index (χ2n) is 4.36. The van der Waals surface area contributed by atoms with E-state index in [0.29, 0.717) is 11.3 Å². The predicted molar refractivity (Wildman–Crippen MR) is 72.9 cm³/mol. The van der Waals surface area contributed by atoms with Crippen molar-refractivity contribution < 1.29 is 19.1 Å². The summed E-state index contributed by atoms with van der Waals surface area (Å²) in [7, 11) is 0. The number of benzene rings is 2. The van der Waals surface area contributed by atoms with Gasteiger partial charge in [0.1, 0.15) is 5.82 Å². The second kappa shape index (κ2) is 4.78. The number of nitrogens with zero attached hydrogens (tertiary/aromatic N) is 2. The molecule has 0 aliphatic carbocycles. The third-order valence-electron chi connectivity index (χ3n) is 2.91. The Kier molecular flexibility index (Phi) is 2.94.